The lowest BCUT2D eigenvalue weighted by atomic mass is 10.2. The minimum atomic E-state index is -0.363. The predicted octanol–water partition coefficient (Wildman–Crippen LogP) is 1.29. The molecule has 0 saturated carbocycles. The predicted molar refractivity (Wildman–Crippen MR) is 64.0 cm³/mol. The van der Waals surface area contributed by atoms with Crippen LogP contribution in [0.25, 0.3) is 0 Å². The summed E-state index contributed by atoms with van der Waals surface area (Å²) in [6.07, 6.45) is 1.43. The van der Waals surface area contributed by atoms with Gasteiger partial charge in [0.2, 0.25) is 0 Å². The van der Waals surface area contributed by atoms with Crippen molar-refractivity contribution in [1.29, 1.82) is 0 Å². The van der Waals surface area contributed by atoms with Gasteiger partial charge in [0.15, 0.2) is 5.43 Å². The molecule has 0 aromatic carbocycles. The SMILES string of the molecule is Cc1cc(=O)c(C(=O)NCC(C)CCl)c[nH]1. The minimum absolute atomic E-state index is 0.132. The molecule has 1 aromatic heterocycles. The average molecular weight is 243 g/mol. The van der Waals surface area contributed by atoms with Crippen LogP contribution >= 0.6 is 11.6 Å². The first kappa shape index (κ1) is 12.8. The maximum atomic E-state index is 11.6. The molecule has 0 fully saturated rings. The van der Waals surface area contributed by atoms with Crippen molar-refractivity contribution in [3.8, 4) is 0 Å². The third-order valence-corrected chi connectivity index (χ3v) is 2.70. The highest BCUT2D eigenvalue weighted by Crippen LogP contribution is 1.97. The number of H-pyrrole nitrogens is 1. The summed E-state index contributed by atoms with van der Waals surface area (Å²) in [5, 5.41) is 2.67. The van der Waals surface area contributed by atoms with Gasteiger partial charge in [-0.05, 0) is 12.8 Å². The Hall–Kier alpha value is -1.29. The highest BCUT2D eigenvalue weighted by molar-refractivity contribution is 6.18. The molecule has 0 aliphatic rings. The number of nitrogens with one attached hydrogen (secondary N) is 2. The highest BCUT2D eigenvalue weighted by atomic mass is 35.5. The maximum absolute atomic E-state index is 11.6. The quantitative estimate of drug-likeness (QED) is 0.782. The van der Waals surface area contributed by atoms with Crippen molar-refractivity contribution in [1.82, 2.24) is 10.3 Å². The Balaban J connectivity index is 2.70. The van der Waals surface area contributed by atoms with Crippen LogP contribution in [-0.2, 0) is 0 Å². The van der Waals surface area contributed by atoms with Crippen LogP contribution in [0.15, 0.2) is 17.1 Å². The normalized spacial score (nSPS) is 12.2. The van der Waals surface area contributed by atoms with E-state index in [9.17, 15) is 9.59 Å². The van der Waals surface area contributed by atoms with E-state index in [1.165, 1.54) is 12.3 Å². The van der Waals surface area contributed by atoms with E-state index in [0.717, 1.165) is 5.69 Å². The Morgan fingerprint density at radius 2 is 2.31 bits per heavy atom. The van der Waals surface area contributed by atoms with Crippen LogP contribution < -0.4 is 10.7 Å². The second kappa shape index (κ2) is 5.70. The zero-order valence-corrected chi connectivity index (χ0v) is 10.1. The van der Waals surface area contributed by atoms with Crippen molar-refractivity contribution >= 4 is 17.5 Å². The lowest BCUT2D eigenvalue weighted by Gasteiger charge is -2.08. The Kier molecular flexibility index (Phi) is 4.55. The van der Waals surface area contributed by atoms with E-state index in [1.807, 2.05) is 6.92 Å². The largest absolute Gasteiger partial charge is 0.364 e. The van der Waals surface area contributed by atoms with Crippen molar-refractivity contribution in [3.05, 3.63) is 33.7 Å². The number of aryl methyl sites for hydroxylation is 1. The number of carbonyl (C=O) groups excluding carboxylic acids is 1. The molecule has 1 unspecified atom stereocenters. The van der Waals surface area contributed by atoms with Crippen molar-refractivity contribution in [2.75, 3.05) is 12.4 Å². The zero-order chi connectivity index (χ0) is 12.1. The number of aromatic amines is 1. The van der Waals surface area contributed by atoms with Gasteiger partial charge in [0.25, 0.3) is 5.91 Å². The van der Waals surface area contributed by atoms with Gasteiger partial charge in [-0.15, -0.1) is 11.6 Å². The molecule has 1 heterocycles. The second-order valence-corrected chi connectivity index (χ2v) is 4.17. The Bertz CT molecular complexity index is 428. The molecule has 0 aliphatic carbocycles. The molecule has 0 spiro atoms. The lowest BCUT2D eigenvalue weighted by Crippen LogP contribution is -2.32. The lowest BCUT2D eigenvalue weighted by molar-refractivity contribution is 0.0948. The van der Waals surface area contributed by atoms with E-state index in [0.29, 0.717) is 12.4 Å². The molecule has 0 bridgehead atoms. The fourth-order valence-electron chi connectivity index (χ4n) is 1.17. The molecule has 5 heteroatoms. The van der Waals surface area contributed by atoms with Gasteiger partial charge < -0.3 is 10.3 Å². The first-order chi connectivity index (χ1) is 7.54. The number of rotatable bonds is 4. The van der Waals surface area contributed by atoms with E-state index < -0.39 is 0 Å². The minimum Gasteiger partial charge on any atom is -0.364 e. The molecule has 1 aromatic rings. The van der Waals surface area contributed by atoms with Crippen LogP contribution in [0.2, 0.25) is 0 Å². The number of halogens is 1. The summed E-state index contributed by atoms with van der Waals surface area (Å²) < 4.78 is 0. The van der Waals surface area contributed by atoms with Gasteiger partial charge in [0.05, 0.1) is 0 Å². The molecular formula is C11H15ClN2O2. The molecule has 2 N–H and O–H groups in total. The van der Waals surface area contributed by atoms with Crippen LogP contribution in [0.5, 0.6) is 0 Å². The van der Waals surface area contributed by atoms with Crippen molar-refractivity contribution < 1.29 is 4.79 Å². The second-order valence-electron chi connectivity index (χ2n) is 3.86. The highest BCUT2D eigenvalue weighted by Gasteiger charge is 2.10. The van der Waals surface area contributed by atoms with Crippen molar-refractivity contribution in [3.63, 3.8) is 0 Å². The topological polar surface area (TPSA) is 62.0 Å². The van der Waals surface area contributed by atoms with Crippen molar-refractivity contribution in [2.45, 2.75) is 13.8 Å². The fraction of sp³-hybridized carbons (Fsp3) is 0.455. The molecule has 1 atom stereocenters. The van der Waals surface area contributed by atoms with Gasteiger partial charge in [-0.3, -0.25) is 9.59 Å². The van der Waals surface area contributed by atoms with Crippen LogP contribution in [0.3, 0.4) is 0 Å². The van der Waals surface area contributed by atoms with Gasteiger partial charge in [-0.2, -0.15) is 0 Å². The number of pyridine rings is 1. The van der Waals surface area contributed by atoms with Crippen LogP contribution in [-0.4, -0.2) is 23.3 Å². The van der Waals surface area contributed by atoms with Gasteiger partial charge in [-0.1, -0.05) is 6.92 Å². The summed E-state index contributed by atoms with van der Waals surface area (Å²) in [5.41, 5.74) is 0.593. The molecule has 1 amide bonds. The summed E-state index contributed by atoms with van der Waals surface area (Å²) in [6.45, 7) is 4.15. The molecule has 4 nitrogen and oxygen atoms in total. The molecule has 88 valence electrons. The molecule has 1 rings (SSSR count). The van der Waals surface area contributed by atoms with Crippen LogP contribution in [0.4, 0.5) is 0 Å². The number of amides is 1. The first-order valence-electron chi connectivity index (χ1n) is 5.08. The van der Waals surface area contributed by atoms with Crippen LogP contribution in [0, 0.1) is 12.8 Å². The monoisotopic (exact) mass is 242 g/mol. The third kappa shape index (κ3) is 3.38. The average Bonchev–Trinajstić information content (AvgIpc) is 2.25. The Morgan fingerprint density at radius 3 is 2.88 bits per heavy atom. The molecule has 0 saturated heterocycles. The molecule has 0 aliphatic heterocycles. The number of carbonyl (C=O) groups is 1. The number of hydrogen-bond donors (Lipinski definition) is 2. The Morgan fingerprint density at radius 1 is 1.62 bits per heavy atom. The van der Waals surface area contributed by atoms with Gasteiger partial charge in [-0.25, -0.2) is 0 Å². The Labute approximate surface area is 99.0 Å². The molecule has 16 heavy (non-hydrogen) atoms. The third-order valence-electron chi connectivity index (χ3n) is 2.18. The molecular weight excluding hydrogens is 228 g/mol. The summed E-state index contributed by atoms with van der Waals surface area (Å²) in [6, 6.07) is 1.40. The van der Waals surface area contributed by atoms with E-state index in [4.69, 9.17) is 11.6 Å². The van der Waals surface area contributed by atoms with Gasteiger partial charge >= 0.3 is 0 Å². The fourth-order valence-corrected chi connectivity index (χ4v) is 1.28. The smallest absolute Gasteiger partial charge is 0.256 e. The van der Waals surface area contributed by atoms with E-state index in [1.54, 1.807) is 6.92 Å². The summed E-state index contributed by atoms with van der Waals surface area (Å²) in [7, 11) is 0. The van der Waals surface area contributed by atoms with Gasteiger partial charge in [0, 0.05) is 30.4 Å². The summed E-state index contributed by atoms with van der Waals surface area (Å²) in [4.78, 5) is 25.9. The number of aromatic nitrogens is 1. The number of alkyl halides is 1. The maximum Gasteiger partial charge on any atom is 0.256 e. The first-order valence-corrected chi connectivity index (χ1v) is 5.61. The van der Waals surface area contributed by atoms with E-state index in [-0.39, 0.29) is 22.8 Å². The summed E-state index contributed by atoms with van der Waals surface area (Å²) >= 11 is 5.61. The van der Waals surface area contributed by atoms with E-state index in [2.05, 4.69) is 10.3 Å². The standard InChI is InChI=1S/C11H15ClN2O2/c1-7(4-12)5-14-11(16)9-6-13-8(2)3-10(9)15/h3,6-7H,4-5H2,1-2H3,(H,13,15)(H,14,16). The van der Waals surface area contributed by atoms with Gasteiger partial charge in [0.1, 0.15) is 5.56 Å². The number of hydrogen-bond acceptors (Lipinski definition) is 2. The zero-order valence-electron chi connectivity index (χ0n) is 9.34. The molecule has 0 radical (unpaired) electrons. The van der Waals surface area contributed by atoms with E-state index >= 15 is 0 Å². The summed E-state index contributed by atoms with van der Waals surface area (Å²) in [5.74, 6) is 0.304. The van der Waals surface area contributed by atoms with Crippen LogP contribution in [0.1, 0.15) is 23.0 Å². The van der Waals surface area contributed by atoms with Crippen molar-refractivity contribution in [2.24, 2.45) is 5.92 Å².